The maximum atomic E-state index is 13.1. The monoisotopic (exact) mass is 526 g/mol. The number of nitrogens with one attached hydrogen (secondary N) is 3. The van der Waals surface area contributed by atoms with Gasteiger partial charge in [-0.25, -0.2) is 4.79 Å². The Balaban J connectivity index is 1.13. The Kier molecular flexibility index (Phi) is 9.31. The molecule has 0 radical (unpaired) electrons. The van der Waals surface area contributed by atoms with Crippen molar-refractivity contribution >= 4 is 17.6 Å². The van der Waals surface area contributed by atoms with Gasteiger partial charge in [-0.1, -0.05) is 19.3 Å². The number of fused-ring (bicyclic) bond motifs is 1. The fourth-order valence-corrected chi connectivity index (χ4v) is 7.66. The van der Waals surface area contributed by atoms with Crippen molar-refractivity contribution in [3.63, 3.8) is 0 Å². The molecule has 7 atom stereocenters. The van der Waals surface area contributed by atoms with Crippen LogP contribution in [-0.4, -0.2) is 122 Å². The average Bonchev–Trinajstić information content (AvgIpc) is 3.27. The number of alkyl halides is 1. The Morgan fingerprint density at radius 3 is 2.44 bits per heavy atom. The minimum absolute atomic E-state index is 0.000485. The molecule has 3 aliphatic heterocycles. The van der Waals surface area contributed by atoms with Gasteiger partial charge >= 0.3 is 6.03 Å². The number of amides is 2. The first-order valence-electron chi connectivity index (χ1n) is 14.3. The van der Waals surface area contributed by atoms with Crippen molar-refractivity contribution in [2.24, 2.45) is 0 Å². The third kappa shape index (κ3) is 5.98. The van der Waals surface area contributed by atoms with Crippen LogP contribution in [0.5, 0.6) is 0 Å². The number of hydrogen-bond donors (Lipinski definition) is 3. The standard InChI is InChI=1S/C26H47ClN6O3/c1-35-22-16-23(36-2)21(15-19(22)27)30-26(34)32-13-11-31(12-14-32)17-24-29-20-9-6-10-28-25(20)33(24)18-7-4-3-5-8-18/h18-25,28-29H,3-17H2,1-2H3,(H,30,34). The minimum Gasteiger partial charge on any atom is -0.380 e. The Bertz CT molecular complexity index is 720. The average molecular weight is 527 g/mol. The molecule has 7 unspecified atom stereocenters. The van der Waals surface area contributed by atoms with E-state index in [2.05, 4.69) is 25.8 Å². The van der Waals surface area contributed by atoms with E-state index in [1.165, 1.54) is 44.9 Å². The summed E-state index contributed by atoms with van der Waals surface area (Å²) >= 11 is 6.52. The molecule has 2 amide bonds. The van der Waals surface area contributed by atoms with Crippen molar-refractivity contribution in [1.82, 2.24) is 30.7 Å². The summed E-state index contributed by atoms with van der Waals surface area (Å²) in [6.07, 6.45) is 11.4. The van der Waals surface area contributed by atoms with E-state index in [1.807, 2.05) is 4.90 Å². The van der Waals surface area contributed by atoms with Crippen LogP contribution >= 0.6 is 11.6 Å². The van der Waals surface area contributed by atoms with Crippen LogP contribution in [0.4, 0.5) is 4.79 Å². The molecule has 206 valence electrons. The fourth-order valence-electron chi connectivity index (χ4n) is 7.27. The zero-order valence-corrected chi connectivity index (χ0v) is 22.9. The number of urea groups is 1. The highest BCUT2D eigenvalue weighted by Crippen LogP contribution is 2.32. The van der Waals surface area contributed by atoms with Crippen molar-refractivity contribution < 1.29 is 14.3 Å². The molecule has 10 heteroatoms. The first-order chi connectivity index (χ1) is 17.6. The van der Waals surface area contributed by atoms with Crippen molar-refractivity contribution in [2.45, 2.75) is 106 Å². The van der Waals surface area contributed by atoms with Gasteiger partial charge in [0, 0.05) is 65.4 Å². The van der Waals surface area contributed by atoms with Crippen LogP contribution < -0.4 is 16.0 Å². The molecule has 36 heavy (non-hydrogen) atoms. The van der Waals surface area contributed by atoms with Gasteiger partial charge in [0.2, 0.25) is 0 Å². The summed E-state index contributed by atoms with van der Waals surface area (Å²) in [6, 6.07) is 1.17. The normalized spacial score (nSPS) is 39.2. The van der Waals surface area contributed by atoms with E-state index in [4.69, 9.17) is 21.1 Å². The van der Waals surface area contributed by atoms with E-state index in [1.54, 1.807) is 14.2 Å². The summed E-state index contributed by atoms with van der Waals surface area (Å²) in [5.41, 5.74) is 0. The smallest absolute Gasteiger partial charge is 0.317 e. The lowest BCUT2D eigenvalue weighted by Crippen LogP contribution is -2.60. The van der Waals surface area contributed by atoms with E-state index >= 15 is 0 Å². The van der Waals surface area contributed by atoms with Gasteiger partial charge in [-0.3, -0.25) is 15.1 Å². The van der Waals surface area contributed by atoms with Gasteiger partial charge in [-0.05, 0) is 38.6 Å². The van der Waals surface area contributed by atoms with Gasteiger partial charge in [-0.15, -0.1) is 11.6 Å². The van der Waals surface area contributed by atoms with E-state index < -0.39 is 0 Å². The molecular weight excluding hydrogens is 480 g/mol. The van der Waals surface area contributed by atoms with Crippen LogP contribution in [0.2, 0.25) is 0 Å². The van der Waals surface area contributed by atoms with Gasteiger partial charge in [0.05, 0.1) is 36.0 Å². The predicted octanol–water partition coefficient (Wildman–Crippen LogP) is 1.76. The molecule has 0 aromatic rings. The molecule has 9 nitrogen and oxygen atoms in total. The van der Waals surface area contributed by atoms with Gasteiger partial charge in [0.1, 0.15) is 0 Å². The fraction of sp³-hybridized carbons (Fsp3) is 0.962. The first-order valence-corrected chi connectivity index (χ1v) is 14.8. The predicted molar refractivity (Wildman–Crippen MR) is 141 cm³/mol. The van der Waals surface area contributed by atoms with Crippen LogP contribution in [0, 0.1) is 0 Å². The van der Waals surface area contributed by atoms with Gasteiger partial charge in [0.15, 0.2) is 0 Å². The summed E-state index contributed by atoms with van der Waals surface area (Å²) in [4.78, 5) is 20.4. The first kappa shape index (κ1) is 26.9. The zero-order chi connectivity index (χ0) is 25.1. The number of halogens is 1. The number of carbonyl (C=O) groups excluding carboxylic acids is 1. The van der Waals surface area contributed by atoms with Crippen molar-refractivity contribution in [3.8, 4) is 0 Å². The van der Waals surface area contributed by atoms with Gasteiger partial charge in [-0.2, -0.15) is 0 Å². The summed E-state index contributed by atoms with van der Waals surface area (Å²) in [7, 11) is 3.38. The number of carbonyl (C=O) groups is 1. The van der Waals surface area contributed by atoms with Crippen LogP contribution in [0.25, 0.3) is 0 Å². The maximum Gasteiger partial charge on any atom is 0.317 e. The molecule has 3 heterocycles. The highest BCUT2D eigenvalue weighted by molar-refractivity contribution is 6.21. The van der Waals surface area contributed by atoms with Crippen LogP contribution in [-0.2, 0) is 9.47 Å². The highest BCUT2D eigenvalue weighted by atomic mass is 35.5. The molecule has 5 aliphatic rings. The second-order valence-electron chi connectivity index (χ2n) is 11.4. The van der Waals surface area contributed by atoms with Crippen molar-refractivity contribution in [1.29, 1.82) is 0 Å². The topological polar surface area (TPSA) is 81.3 Å². The van der Waals surface area contributed by atoms with Crippen molar-refractivity contribution in [2.75, 3.05) is 53.5 Å². The number of methoxy groups -OCH3 is 2. The molecule has 2 aliphatic carbocycles. The molecule has 2 saturated carbocycles. The Hall–Kier alpha value is -0.680. The summed E-state index contributed by atoms with van der Waals surface area (Å²) < 4.78 is 11.2. The van der Waals surface area contributed by atoms with E-state index in [-0.39, 0.29) is 29.7 Å². The van der Waals surface area contributed by atoms with Crippen LogP contribution in [0.15, 0.2) is 0 Å². The Morgan fingerprint density at radius 1 is 0.972 bits per heavy atom. The number of piperidine rings is 1. The maximum absolute atomic E-state index is 13.1. The van der Waals surface area contributed by atoms with Gasteiger partial charge < -0.3 is 25.0 Å². The molecule has 5 fully saturated rings. The van der Waals surface area contributed by atoms with Crippen LogP contribution in [0.3, 0.4) is 0 Å². The second-order valence-corrected chi connectivity index (χ2v) is 12.0. The highest BCUT2D eigenvalue weighted by Gasteiger charge is 2.45. The molecule has 0 aromatic heterocycles. The minimum atomic E-state index is -0.118. The summed E-state index contributed by atoms with van der Waals surface area (Å²) in [5.74, 6) is 0. The second kappa shape index (κ2) is 12.5. The molecule has 0 spiro atoms. The van der Waals surface area contributed by atoms with Crippen LogP contribution in [0.1, 0.15) is 57.8 Å². The molecule has 3 saturated heterocycles. The number of rotatable bonds is 6. The number of piperazine rings is 1. The third-order valence-electron chi connectivity index (χ3n) is 9.31. The quantitative estimate of drug-likeness (QED) is 0.455. The third-order valence-corrected chi connectivity index (χ3v) is 9.77. The Labute approximate surface area is 221 Å². The molecule has 0 aromatic carbocycles. The number of hydrogen-bond acceptors (Lipinski definition) is 7. The molecule has 3 N–H and O–H groups in total. The largest absolute Gasteiger partial charge is 0.380 e. The van der Waals surface area contributed by atoms with E-state index in [0.29, 0.717) is 37.3 Å². The summed E-state index contributed by atoms with van der Waals surface area (Å²) in [6.45, 7) is 5.49. The molecular formula is C26H47ClN6O3. The lowest BCUT2D eigenvalue weighted by Gasteiger charge is -2.43. The van der Waals surface area contributed by atoms with Gasteiger partial charge in [0.25, 0.3) is 0 Å². The number of ether oxygens (including phenoxy) is 2. The molecule has 0 bridgehead atoms. The Morgan fingerprint density at radius 2 is 1.72 bits per heavy atom. The van der Waals surface area contributed by atoms with E-state index in [9.17, 15) is 4.79 Å². The van der Waals surface area contributed by atoms with E-state index in [0.717, 1.165) is 39.3 Å². The lowest BCUT2D eigenvalue weighted by molar-refractivity contribution is -0.0239. The lowest BCUT2D eigenvalue weighted by atomic mass is 9.89. The summed E-state index contributed by atoms with van der Waals surface area (Å²) in [5, 5.41) is 10.9. The molecule has 5 rings (SSSR count). The van der Waals surface area contributed by atoms with Crippen molar-refractivity contribution in [3.05, 3.63) is 0 Å². The SMILES string of the molecule is COC1CC(OC)C(NC(=O)N2CCN(CC3NC4CCCNC4N3C3CCCCC3)CC2)CC1Cl. The number of nitrogens with zero attached hydrogens (tertiary/aromatic N) is 3. The zero-order valence-electron chi connectivity index (χ0n) is 22.2.